The molecule has 0 aliphatic carbocycles. The minimum atomic E-state index is -0.875. The summed E-state index contributed by atoms with van der Waals surface area (Å²) in [5.41, 5.74) is 2.08. The van der Waals surface area contributed by atoms with Gasteiger partial charge in [0.15, 0.2) is 0 Å². The van der Waals surface area contributed by atoms with Crippen LogP contribution in [-0.2, 0) is 11.3 Å². The highest BCUT2D eigenvalue weighted by atomic mass is 35.5. The Balaban J connectivity index is 1.71. The van der Waals surface area contributed by atoms with Gasteiger partial charge in [0.1, 0.15) is 0 Å². The van der Waals surface area contributed by atoms with Crippen molar-refractivity contribution in [3.05, 3.63) is 92.3 Å². The zero-order valence-corrected chi connectivity index (χ0v) is 18.7. The number of carbonyl (C=O) groups is 2. The van der Waals surface area contributed by atoms with Crippen molar-refractivity contribution in [2.45, 2.75) is 6.54 Å². The Hall–Kier alpha value is -2.57. The number of nitrogens with zero attached hydrogens (tertiary/aromatic N) is 2. The number of pyridine rings is 1. The van der Waals surface area contributed by atoms with Gasteiger partial charge in [0.25, 0.3) is 11.7 Å². The molecule has 0 unspecified atom stereocenters. The van der Waals surface area contributed by atoms with Crippen LogP contribution in [0.4, 0.5) is 5.69 Å². The van der Waals surface area contributed by atoms with Crippen LogP contribution < -0.4 is 5.32 Å². The second-order valence-corrected chi connectivity index (χ2v) is 8.41. The van der Waals surface area contributed by atoms with Gasteiger partial charge in [0.05, 0.1) is 21.3 Å². The number of hydrogen-bond donors (Lipinski definition) is 1. The Morgan fingerprint density at radius 3 is 2.23 bits per heavy atom. The fourth-order valence-electron chi connectivity index (χ4n) is 3.19. The molecular formula is C22H13Cl4N3O2. The molecule has 0 aliphatic rings. The quantitative estimate of drug-likeness (QED) is 0.255. The van der Waals surface area contributed by atoms with Crippen molar-refractivity contribution in [1.29, 1.82) is 0 Å². The van der Waals surface area contributed by atoms with Gasteiger partial charge in [0, 0.05) is 46.1 Å². The first kappa shape index (κ1) is 21.7. The summed E-state index contributed by atoms with van der Waals surface area (Å²) >= 11 is 24.2. The van der Waals surface area contributed by atoms with E-state index < -0.39 is 11.7 Å². The molecule has 4 aromatic rings. The number of ketones is 1. The lowest BCUT2D eigenvalue weighted by atomic mass is 10.1. The van der Waals surface area contributed by atoms with Crippen LogP contribution in [0, 0.1) is 0 Å². The van der Waals surface area contributed by atoms with Gasteiger partial charge in [-0.25, -0.2) is 0 Å². The van der Waals surface area contributed by atoms with E-state index in [1.807, 2.05) is 16.7 Å². The van der Waals surface area contributed by atoms with Crippen molar-refractivity contribution in [1.82, 2.24) is 9.55 Å². The number of fused-ring (bicyclic) bond motifs is 1. The normalized spacial score (nSPS) is 11.0. The van der Waals surface area contributed by atoms with Crippen LogP contribution in [-0.4, -0.2) is 21.2 Å². The van der Waals surface area contributed by atoms with Crippen molar-refractivity contribution >= 4 is 74.7 Å². The maximum Gasteiger partial charge on any atom is 0.296 e. The van der Waals surface area contributed by atoms with Crippen LogP contribution in [0.25, 0.3) is 10.9 Å². The molecule has 0 aliphatic heterocycles. The zero-order valence-electron chi connectivity index (χ0n) is 15.7. The zero-order chi connectivity index (χ0) is 22.1. The first-order valence-corrected chi connectivity index (χ1v) is 10.5. The van der Waals surface area contributed by atoms with Gasteiger partial charge in [-0.3, -0.25) is 14.6 Å². The molecule has 4 rings (SSSR count). The van der Waals surface area contributed by atoms with E-state index in [0.717, 1.165) is 11.1 Å². The SMILES string of the molecule is O=C(Nc1c(Cl)cncc1Cl)C(=O)c1cn(Cc2ccc(Cl)cc2)c2ccc(Cl)cc12. The Morgan fingerprint density at radius 2 is 1.55 bits per heavy atom. The maximum absolute atomic E-state index is 13.0. The van der Waals surface area contributed by atoms with Gasteiger partial charge < -0.3 is 9.88 Å². The topological polar surface area (TPSA) is 64.0 Å². The average molecular weight is 493 g/mol. The van der Waals surface area contributed by atoms with E-state index in [-0.39, 0.29) is 21.3 Å². The third-order valence-corrected chi connectivity index (χ3v) is 5.71. The summed E-state index contributed by atoms with van der Waals surface area (Å²) in [4.78, 5) is 29.5. The Bertz CT molecular complexity index is 1300. The molecule has 2 aromatic heterocycles. The molecule has 1 amide bonds. The Labute approximate surface area is 197 Å². The van der Waals surface area contributed by atoms with E-state index in [0.29, 0.717) is 22.0 Å². The van der Waals surface area contributed by atoms with Crippen LogP contribution in [0.3, 0.4) is 0 Å². The predicted octanol–water partition coefficient (Wildman–Crippen LogP) is 6.52. The van der Waals surface area contributed by atoms with Gasteiger partial charge in [-0.1, -0.05) is 58.5 Å². The monoisotopic (exact) mass is 491 g/mol. The molecule has 2 heterocycles. The largest absolute Gasteiger partial charge is 0.342 e. The van der Waals surface area contributed by atoms with Crippen molar-refractivity contribution < 1.29 is 9.59 Å². The van der Waals surface area contributed by atoms with E-state index in [1.165, 1.54) is 12.4 Å². The van der Waals surface area contributed by atoms with Crippen molar-refractivity contribution in [3.8, 4) is 0 Å². The number of Topliss-reactive ketones (excluding diaryl/α,β-unsaturated/α-hetero) is 1. The van der Waals surface area contributed by atoms with Gasteiger partial charge in [0.2, 0.25) is 0 Å². The van der Waals surface area contributed by atoms with E-state index in [9.17, 15) is 9.59 Å². The molecule has 2 aromatic carbocycles. The molecule has 0 fully saturated rings. The number of benzene rings is 2. The van der Waals surface area contributed by atoms with Crippen LogP contribution in [0.15, 0.2) is 61.1 Å². The summed E-state index contributed by atoms with van der Waals surface area (Å²) in [7, 11) is 0. The second-order valence-electron chi connectivity index (χ2n) is 6.72. The van der Waals surface area contributed by atoms with Gasteiger partial charge >= 0.3 is 0 Å². The van der Waals surface area contributed by atoms with Crippen LogP contribution >= 0.6 is 46.4 Å². The molecule has 0 atom stereocenters. The highest BCUT2D eigenvalue weighted by Crippen LogP contribution is 2.30. The van der Waals surface area contributed by atoms with Crippen molar-refractivity contribution in [3.63, 3.8) is 0 Å². The number of carbonyl (C=O) groups excluding carboxylic acids is 2. The standard InChI is InChI=1S/C22H13Cl4N3O2/c23-13-3-1-12(2-4-13)10-29-11-16(15-7-14(24)5-6-19(15)29)21(30)22(31)28-20-17(25)8-27-9-18(20)26/h1-9,11H,10H2,(H,27,28,31). The summed E-state index contributed by atoms with van der Waals surface area (Å²) in [6.07, 6.45) is 4.28. The van der Waals surface area contributed by atoms with Crippen LogP contribution in [0.5, 0.6) is 0 Å². The minimum Gasteiger partial charge on any atom is -0.342 e. The molecule has 0 bridgehead atoms. The maximum atomic E-state index is 13.0. The first-order chi connectivity index (χ1) is 14.8. The van der Waals surface area contributed by atoms with E-state index in [4.69, 9.17) is 46.4 Å². The van der Waals surface area contributed by atoms with Crippen LogP contribution in [0.1, 0.15) is 15.9 Å². The van der Waals surface area contributed by atoms with Gasteiger partial charge in [-0.2, -0.15) is 0 Å². The average Bonchev–Trinajstić information content (AvgIpc) is 3.09. The third-order valence-electron chi connectivity index (χ3n) is 4.65. The minimum absolute atomic E-state index is 0.125. The van der Waals surface area contributed by atoms with Gasteiger partial charge in [-0.05, 0) is 35.9 Å². The van der Waals surface area contributed by atoms with E-state index >= 15 is 0 Å². The molecule has 5 nitrogen and oxygen atoms in total. The number of aromatic nitrogens is 2. The highest BCUT2D eigenvalue weighted by molar-refractivity contribution is 6.50. The number of anilines is 1. The molecule has 1 N–H and O–H groups in total. The molecule has 0 radical (unpaired) electrons. The highest BCUT2D eigenvalue weighted by Gasteiger charge is 2.23. The number of hydrogen-bond acceptors (Lipinski definition) is 3. The summed E-state index contributed by atoms with van der Waals surface area (Å²) in [6.45, 7) is 0.478. The van der Waals surface area contributed by atoms with E-state index in [2.05, 4.69) is 10.3 Å². The van der Waals surface area contributed by atoms with E-state index in [1.54, 1.807) is 36.5 Å². The summed E-state index contributed by atoms with van der Waals surface area (Å²) in [5, 5.41) is 4.37. The summed E-state index contributed by atoms with van der Waals surface area (Å²) in [6, 6.07) is 12.6. The molecule has 0 saturated heterocycles. The smallest absolute Gasteiger partial charge is 0.296 e. The molecule has 156 valence electrons. The third kappa shape index (κ3) is 4.55. The molecule has 31 heavy (non-hydrogen) atoms. The van der Waals surface area contributed by atoms with Crippen molar-refractivity contribution in [2.75, 3.05) is 5.32 Å². The lowest BCUT2D eigenvalue weighted by Crippen LogP contribution is -2.23. The lowest BCUT2D eigenvalue weighted by molar-refractivity contribution is -0.112. The summed E-state index contributed by atoms with van der Waals surface area (Å²) < 4.78 is 1.88. The second kappa shape index (κ2) is 8.89. The van der Waals surface area contributed by atoms with Crippen LogP contribution in [0.2, 0.25) is 20.1 Å². The number of amides is 1. The number of nitrogens with one attached hydrogen (secondary N) is 1. The lowest BCUT2D eigenvalue weighted by Gasteiger charge is -2.07. The summed E-state index contributed by atoms with van der Waals surface area (Å²) in [5.74, 6) is -1.62. The number of halogens is 4. The Kier molecular flexibility index (Phi) is 6.21. The molecule has 0 saturated carbocycles. The fraction of sp³-hybridized carbons (Fsp3) is 0.0455. The number of rotatable bonds is 5. The fourth-order valence-corrected chi connectivity index (χ4v) is 3.95. The molecular weight excluding hydrogens is 480 g/mol. The van der Waals surface area contributed by atoms with Gasteiger partial charge in [-0.15, -0.1) is 0 Å². The van der Waals surface area contributed by atoms with Crippen molar-refractivity contribution in [2.24, 2.45) is 0 Å². The predicted molar refractivity (Wildman–Crippen MR) is 125 cm³/mol. The Morgan fingerprint density at radius 1 is 0.903 bits per heavy atom. The molecule has 9 heteroatoms. The molecule has 0 spiro atoms. The first-order valence-electron chi connectivity index (χ1n) is 9.01.